The van der Waals surface area contributed by atoms with Gasteiger partial charge in [0.15, 0.2) is 0 Å². The third kappa shape index (κ3) is 5.90. The van der Waals surface area contributed by atoms with Crippen LogP contribution in [0.5, 0.6) is 0 Å². The minimum Gasteiger partial charge on any atom is -0.337 e. The fraction of sp³-hybridized carbons (Fsp3) is 0.571. The molecule has 7 heteroatoms. The fourth-order valence-corrected chi connectivity index (χ4v) is 4.85. The number of rotatable bonds is 12. The monoisotopic (exact) mass is 406 g/mol. The number of aryl methyl sites for hydroxylation is 1. The summed E-state index contributed by atoms with van der Waals surface area (Å²) in [5.74, 6) is 0. The van der Waals surface area contributed by atoms with Crippen molar-refractivity contribution in [1.29, 1.82) is 0 Å². The second-order valence-electron chi connectivity index (χ2n) is 7.63. The Bertz CT molecular complexity index is 793. The summed E-state index contributed by atoms with van der Waals surface area (Å²) in [5.41, 5.74) is 0.843. The zero-order valence-electron chi connectivity index (χ0n) is 17.6. The molecule has 0 amide bonds. The highest BCUT2D eigenvalue weighted by molar-refractivity contribution is 7.89. The predicted octanol–water partition coefficient (Wildman–Crippen LogP) is 3.61. The molecule has 1 N–H and O–H groups in total. The van der Waals surface area contributed by atoms with Gasteiger partial charge in [0, 0.05) is 37.6 Å². The van der Waals surface area contributed by atoms with Crippen LogP contribution in [0.15, 0.2) is 47.9 Å². The van der Waals surface area contributed by atoms with E-state index in [9.17, 15) is 8.42 Å². The molecule has 2 aromatic rings. The van der Waals surface area contributed by atoms with E-state index in [0.717, 1.165) is 37.9 Å². The molecule has 0 aliphatic carbocycles. The van der Waals surface area contributed by atoms with Crippen molar-refractivity contribution in [2.24, 2.45) is 0 Å². The van der Waals surface area contributed by atoms with Gasteiger partial charge in [-0.1, -0.05) is 26.0 Å². The molecule has 28 heavy (non-hydrogen) atoms. The Morgan fingerprint density at radius 3 is 2.29 bits per heavy atom. The van der Waals surface area contributed by atoms with Gasteiger partial charge in [-0.3, -0.25) is 0 Å². The van der Waals surface area contributed by atoms with Gasteiger partial charge >= 0.3 is 0 Å². The quantitative estimate of drug-likeness (QED) is 0.547. The molecular weight excluding hydrogens is 372 g/mol. The Kier molecular flexibility index (Phi) is 8.22. The van der Waals surface area contributed by atoms with Gasteiger partial charge in [0.1, 0.15) is 0 Å². The first kappa shape index (κ1) is 22.6. The van der Waals surface area contributed by atoms with E-state index in [-0.39, 0.29) is 5.54 Å². The maximum atomic E-state index is 12.9. The SMILES string of the molecule is CCCN(CCC)S(=O)(=O)c1ccc(C(C)(C)NCCCn2ccnc2)cc1. The summed E-state index contributed by atoms with van der Waals surface area (Å²) in [6.45, 7) is 11.1. The highest BCUT2D eigenvalue weighted by Gasteiger charge is 2.25. The van der Waals surface area contributed by atoms with Crippen molar-refractivity contribution in [1.82, 2.24) is 19.2 Å². The number of hydrogen-bond donors (Lipinski definition) is 1. The number of hydrogen-bond acceptors (Lipinski definition) is 4. The van der Waals surface area contributed by atoms with Crippen LogP contribution >= 0.6 is 0 Å². The number of nitrogens with zero attached hydrogens (tertiary/aromatic N) is 3. The summed E-state index contributed by atoms with van der Waals surface area (Å²) in [5, 5.41) is 3.57. The molecule has 0 saturated heterocycles. The molecule has 1 aromatic carbocycles. The molecule has 0 atom stereocenters. The highest BCUT2D eigenvalue weighted by Crippen LogP contribution is 2.23. The number of sulfonamides is 1. The van der Waals surface area contributed by atoms with Crippen LogP contribution in [-0.4, -0.2) is 41.9 Å². The normalized spacial score (nSPS) is 12.6. The number of nitrogens with one attached hydrogen (secondary N) is 1. The standard InChI is InChI=1S/C21H34N4O2S/c1-5-14-25(15-6-2)28(26,27)20-10-8-19(9-11-20)21(3,4)23-12-7-16-24-17-13-22-18-24/h8-11,13,17-18,23H,5-7,12,14-16H2,1-4H3. The highest BCUT2D eigenvalue weighted by atomic mass is 32.2. The number of imidazole rings is 1. The first-order chi connectivity index (χ1) is 13.3. The minimum absolute atomic E-state index is 0.232. The third-order valence-electron chi connectivity index (χ3n) is 4.88. The summed E-state index contributed by atoms with van der Waals surface area (Å²) in [6.07, 6.45) is 8.19. The summed E-state index contributed by atoms with van der Waals surface area (Å²) < 4.78 is 29.4. The smallest absolute Gasteiger partial charge is 0.243 e. The van der Waals surface area contributed by atoms with Crippen molar-refractivity contribution in [3.63, 3.8) is 0 Å². The van der Waals surface area contributed by atoms with E-state index in [4.69, 9.17) is 0 Å². The van der Waals surface area contributed by atoms with Gasteiger partial charge in [0.05, 0.1) is 11.2 Å². The molecule has 0 unspecified atom stereocenters. The molecule has 0 fully saturated rings. The molecule has 0 saturated carbocycles. The molecule has 1 heterocycles. The van der Waals surface area contributed by atoms with E-state index in [1.807, 2.05) is 38.5 Å². The van der Waals surface area contributed by atoms with Crippen molar-refractivity contribution >= 4 is 10.0 Å². The molecule has 2 rings (SSSR count). The molecular formula is C21H34N4O2S. The lowest BCUT2D eigenvalue weighted by Crippen LogP contribution is -2.37. The van der Waals surface area contributed by atoms with Crippen LogP contribution in [0, 0.1) is 0 Å². The van der Waals surface area contributed by atoms with Crippen molar-refractivity contribution in [3.8, 4) is 0 Å². The van der Waals surface area contributed by atoms with Gasteiger partial charge in [-0.15, -0.1) is 0 Å². The average Bonchev–Trinajstić information content (AvgIpc) is 3.19. The first-order valence-electron chi connectivity index (χ1n) is 10.1. The second kappa shape index (κ2) is 10.2. The Morgan fingerprint density at radius 1 is 1.11 bits per heavy atom. The summed E-state index contributed by atoms with van der Waals surface area (Å²) >= 11 is 0. The van der Waals surface area contributed by atoms with Crippen molar-refractivity contribution < 1.29 is 8.42 Å². The average molecular weight is 407 g/mol. The maximum Gasteiger partial charge on any atom is 0.243 e. The molecule has 0 aliphatic rings. The maximum absolute atomic E-state index is 12.9. The minimum atomic E-state index is -3.43. The van der Waals surface area contributed by atoms with Crippen molar-refractivity contribution in [3.05, 3.63) is 48.5 Å². The Labute approximate surface area is 170 Å². The lowest BCUT2D eigenvalue weighted by molar-refractivity contribution is 0.392. The Balaban J connectivity index is 2.00. The number of aromatic nitrogens is 2. The van der Waals surface area contributed by atoms with Crippen LogP contribution in [0.25, 0.3) is 0 Å². The second-order valence-corrected chi connectivity index (χ2v) is 9.57. The van der Waals surface area contributed by atoms with Crippen LogP contribution in [-0.2, 0) is 22.1 Å². The number of benzene rings is 1. The van der Waals surface area contributed by atoms with E-state index < -0.39 is 10.0 Å². The van der Waals surface area contributed by atoms with Crippen LogP contribution in [0.2, 0.25) is 0 Å². The fourth-order valence-electron chi connectivity index (χ4n) is 3.23. The molecule has 0 aliphatic heterocycles. The zero-order valence-corrected chi connectivity index (χ0v) is 18.4. The van der Waals surface area contributed by atoms with Gasteiger partial charge in [-0.25, -0.2) is 13.4 Å². The third-order valence-corrected chi connectivity index (χ3v) is 6.79. The Hall–Kier alpha value is -1.70. The molecule has 1 aromatic heterocycles. The summed E-state index contributed by atoms with van der Waals surface area (Å²) in [6, 6.07) is 7.31. The van der Waals surface area contributed by atoms with E-state index >= 15 is 0 Å². The van der Waals surface area contributed by atoms with Crippen molar-refractivity contribution in [2.45, 2.75) is 63.9 Å². The first-order valence-corrected chi connectivity index (χ1v) is 11.6. The summed E-state index contributed by atoms with van der Waals surface area (Å²) in [7, 11) is -3.43. The molecule has 0 bridgehead atoms. The van der Waals surface area contributed by atoms with Crippen molar-refractivity contribution in [2.75, 3.05) is 19.6 Å². The van der Waals surface area contributed by atoms with Gasteiger partial charge < -0.3 is 9.88 Å². The van der Waals surface area contributed by atoms with Gasteiger partial charge in [-0.05, 0) is 57.4 Å². The van der Waals surface area contributed by atoms with Crippen LogP contribution < -0.4 is 5.32 Å². The van der Waals surface area contributed by atoms with E-state index in [1.54, 1.807) is 22.6 Å². The lowest BCUT2D eigenvalue weighted by atomic mass is 9.94. The van der Waals surface area contributed by atoms with Crippen LogP contribution in [0.1, 0.15) is 52.5 Å². The van der Waals surface area contributed by atoms with Crippen LogP contribution in [0.3, 0.4) is 0 Å². The molecule has 156 valence electrons. The summed E-state index contributed by atoms with van der Waals surface area (Å²) in [4.78, 5) is 4.42. The predicted molar refractivity (Wildman–Crippen MR) is 114 cm³/mol. The van der Waals surface area contributed by atoms with Gasteiger partial charge in [0.2, 0.25) is 10.0 Å². The zero-order chi connectivity index (χ0) is 20.6. The topological polar surface area (TPSA) is 67.2 Å². The Morgan fingerprint density at radius 2 is 1.75 bits per heavy atom. The van der Waals surface area contributed by atoms with Gasteiger partial charge in [-0.2, -0.15) is 4.31 Å². The van der Waals surface area contributed by atoms with E-state index in [0.29, 0.717) is 18.0 Å². The largest absolute Gasteiger partial charge is 0.337 e. The van der Waals surface area contributed by atoms with E-state index in [2.05, 4.69) is 28.7 Å². The lowest BCUT2D eigenvalue weighted by Gasteiger charge is -2.28. The molecule has 0 radical (unpaired) electrons. The van der Waals surface area contributed by atoms with Crippen LogP contribution in [0.4, 0.5) is 0 Å². The molecule has 0 spiro atoms. The molecule has 6 nitrogen and oxygen atoms in total. The van der Waals surface area contributed by atoms with E-state index in [1.165, 1.54) is 0 Å². The van der Waals surface area contributed by atoms with Gasteiger partial charge in [0.25, 0.3) is 0 Å².